The zero-order valence-corrected chi connectivity index (χ0v) is 19.2. The number of benzene rings is 2. The summed E-state index contributed by atoms with van der Waals surface area (Å²) in [5.74, 6) is 1.30. The summed E-state index contributed by atoms with van der Waals surface area (Å²) >= 11 is 0. The molecule has 0 unspecified atom stereocenters. The first kappa shape index (κ1) is 21.9. The first-order valence-electron chi connectivity index (χ1n) is 11.3. The summed E-state index contributed by atoms with van der Waals surface area (Å²) in [4.78, 5) is 21.1. The van der Waals surface area contributed by atoms with Gasteiger partial charge in [-0.2, -0.15) is 9.50 Å². The van der Waals surface area contributed by atoms with E-state index < -0.39 is 6.03 Å². The van der Waals surface area contributed by atoms with Crippen LogP contribution in [0.15, 0.2) is 95.7 Å². The third-order valence-corrected chi connectivity index (χ3v) is 5.60. The number of nitrogens with one attached hydrogen (secondary N) is 2. The molecule has 0 atom stereocenters. The molecule has 4 aromatic heterocycles. The van der Waals surface area contributed by atoms with E-state index in [-0.39, 0.29) is 5.95 Å². The van der Waals surface area contributed by atoms with Crippen molar-refractivity contribution < 1.29 is 9.21 Å². The van der Waals surface area contributed by atoms with Crippen LogP contribution >= 0.6 is 0 Å². The maximum absolute atomic E-state index is 12.8. The number of fused-ring (bicyclic) bond motifs is 1. The van der Waals surface area contributed by atoms with E-state index in [0.29, 0.717) is 34.4 Å². The number of carbonyl (C=O) groups is 1. The van der Waals surface area contributed by atoms with Crippen LogP contribution in [-0.4, -0.2) is 35.8 Å². The normalized spacial score (nSPS) is 10.9. The van der Waals surface area contributed by atoms with E-state index in [0.717, 1.165) is 16.7 Å². The van der Waals surface area contributed by atoms with Crippen LogP contribution in [0.5, 0.6) is 0 Å². The molecule has 0 saturated heterocycles. The van der Waals surface area contributed by atoms with Crippen molar-refractivity contribution in [3.8, 4) is 33.8 Å². The van der Waals surface area contributed by atoms with Gasteiger partial charge in [-0.15, -0.1) is 15.3 Å². The molecular formula is C26H19N9O2. The van der Waals surface area contributed by atoms with Gasteiger partial charge in [-0.05, 0) is 30.3 Å². The van der Waals surface area contributed by atoms with Gasteiger partial charge >= 0.3 is 6.03 Å². The summed E-state index contributed by atoms with van der Waals surface area (Å²) in [6.45, 7) is 0. The van der Waals surface area contributed by atoms with Gasteiger partial charge in [0.2, 0.25) is 5.95 Å². The quantitative estimate of drug-likeness (QED) is 0.314. The summed E-state index contributed by atoms with van der Waals surface area (Å²) in [6, 6.07) is 23.7. The Labute approximate surface area is 210 Å². The predicted octanol–water partition coefficient (Wildman–Crippen LogP) is 4.73. The van der Waals surface area contributed by atoms with Gasteiger partial charge in [-0.1, -0.05) is 48.5 Å². The van der Waals surface area contributed by atoms with Crippen molar-refractivity contribution >= 4 is 29.3 Å². The zero-order valence-electron chi connectivity index (χ0n) is 19.2. The Hall–Kier alpha value is -5.58. The maximum Gasteiger partial charge on any atom is 0.324 e. The molecular weight excluding hydrogens is 470 g/mol. The number of hydrogen-bond acceptors (Lipinski definition) is 8. The second-order valence-corrected chi connectivity index (χ2v) is 7.97. The molecule has 0 saturated carbocycles. The van der Waals surface area contributed by atoms with E-state index >= 15 is 0 Å². The number of para-hydroxylation sites is 1. The van der Waals surface area contributed by atoms with Gasteiger partial charge in [0.25, 0.3) is 5.78 Å². The van der Waals surface area contributed by atoms with Crippen molar-refractivity contribution in [2.75, 3.05) is 16.4 Å². The average molecular weight is 489 g/mol. The van der Waals surface area contributed by atoms with E-state index in [1.807, 2.05) is 54.6 Å². The lowest BCUT2D eigenvalue weighted by Crippen LogP contribution is -2.20. The third kappa shape index (κ3) is 4.32. The molecule has 11 heteroatoms. The lowest BCUT2D eigenvalue weighted by Gasteiger charge is -2.12. The largest absolute Gasteiger partial charge is 0.462 e. The van der Waals surface area contributed by atoms with Gasteiger partial charge in [-0.3, -0.25) is 5.32 Å². The Bertz CT molecular complexity index is 1710. The van der Waals surface area contributed by atoms with Crippen LogP contribution in [0, 0.1) is 0 Å². The highest BCUT2D eigenvalue weighted by atomic mass is 16.3. The molecule has 180 valence electrons. The SMILES string of the molecule is Nc1nc2nccc(-c3occc3-c3ccccc3NC(=O)Nc3ccc(-c4ccccc4)nn3)n2n1. The van der Waals surface area contributed by atoms with E-state index in [4.69, 9.17) is 10.2 Å². The van der Waals surface area contributed by atoms with Crippen molar-refractivity contribution in [3.05, 3.63) is 91.3 Å². The zero-order chi connectivity index (χ0) is 25.2. The van der Waals surface area contributed by atoms with Crippen LogP contribution in [0.25, 0.3) is 39.6 Å². The maximum atomic E-state index is 12.8. The van der Waals surface area contributed by atoms with E-state index in [1.54, 1.807) is 36.7 Å². The molecule has 6 rings (SSSR count). The third-order valence-electron chi connectivity index (χ3n) is 5.60. The van der Waals surface area contributed by atoms with Crippen LogP contribution in [0.4, 0.5) is 22.2 Å². The van der Waals surface area contributed by atoms with Crippen LogP contribution in [0.2, 0.25) is 0 Å². The minimum atomic E-state index is -0.463. The summed E-state index contributed by atoms with van der Waals surface area (Å²) in [6.07, 6.45) is 3.17. The standard InChI is InChI=1S/C26H19N9O2/c27-24-31-25-28-14-12-21(35(25)34-24)23-18(13-15-37-23)17-8-4-5-9-20(17)29-26(36)30-22-11-10-19(32-33-22)16-6-2-1-3-7-16/h1-15H,(H2,27,34)(H2,29,30,33,36). The molecule has 0 radical (unpaired) electrons. The fraction of sp³-hybridized carbons (Fsp3) is 0. The Morgan fingerprint density at radius 2 is 1.70 bits per heavy atom. The van der Waals surface area contributed by atoms with E-state index in [2.05, 4.69) is 35.9 Å². The number of hydrogen-bond donors (Lipinski definition) is 3. The van der Waals surface area contributed by atoms with Crippen molar-refractivity contribution in [1.82, 2.24) is 29.8 Å². The Balaban J connectivity index is 1.26. The van der Waals surface area contributed by atoms with Gasteiger partial charge < -0.3 is 15.5 Å². The number of nitrogens with zero attached hydrogens (tertiary/aromatic N) is 6. The number of nitrogens with two attached hydrogens (primary N) is 1. The highest BCUT2D eigenvalue weighted by molar-refractivity contribution is 6.02. The number of urea groups is 1. The first-order valence-corrected chi connectivity index (χ1v) is 11.3. The molecule has 0 aliphatic rings. The fourth-order valence-corrected chi connectivity index (χ4v) is 3.96. The van der Waals surface area contributed by atoms with Gasteiger partial charge in [0.05, 0.1) is 17.6 Å². The second kappa shape index (κ2) is 9.23. The molecule has 2 amide bonds. The Morgan fingerprint density at radius 1 is 0.865 bits per heavy atom. The number of aromatic nitrogens is 6. The molecule has 11 nitrogen and oxygen atoms in total. The van der Waals surface area contributed by atoms with Crippen LogP contribution in [-0.2, 0) is 0 Å². The molecule has 0 aliphatic carbocycles. The molecule has 37 heavy (non-hydrogen) atoms. The number of amides is 2. The number of furan rings is 1. The van der Waals surface area contributed by atoms with Crippen LogP contribution < -0.4 is 16.4 Å². The first-order chi connectivity index (χ1) is 18.2. The second-order valence-electron chi connectivity index (χ2n) is 7.97. The van der Waals surface area contributed by atoms with E-state index in [1.165, 1.54) is 4.52 Å². The summed E-state index contributed by atoms with van der Waals surface area (Å²) in [7, 11) is 0. The van der Waals surface area contributed by atoms with Gasteiger partial charge in [0.1, 0.15) is 5.69 Å². The molecule has 0 bridgehead atoms. The molecule has 4 N–H and O–H groups in total. The minimum Gasteiger partial charge on any atom is -0.462 e. The smallest absolute Gasteiger partial charge is 0.324 e. The average Bonchev–Trinajstić information content (AvgIpc) is 3.56. The minimum absolute atomic E-state index is 0.103. The van der Waals surface area contributed by atoms with Crippen molar-refractivity contribution in [2.24, 2.45) is 0 Å². The number of rotatable bonds is 5. The molecule has 6 aromatic rings. The fourth-order valence-electron chi connectivity index (χ4n) is 3.96. The molecule has 4 heterocycles. The number of carbonyl (C=O) groups excluding carboxylic acids is 1. The topological polar surface area (TPSA) is 149 Å². The summed E-state index contributed by atoms with van der Waals surface area (Å²) < 4.78 is 7.33. The van der Waals surface area contributed by atoms with Crippen molar-refractivity contribution in [3.63, 3.8) is 0 Å². The number of nitrogen functional groups attached to an aromatic ring is 1. The molecule has 2 aromatic carbocycles. The van der Waals surface area contributed by atoms with Gasteiger partial charge in [0, 0.05) is 22.9 Å². The monoisotopic (exact) mass is 489 g/mol. The van der Waals surface area contributed by atoms with Crippen molar-refractivity contribution in [1.29, 1.82) is 0 Å². The van der Waals surface area contributed by atoms with Gasteiger partial charge in [-0.25, -0.2) is 9.78 Å². The predicted molar refractivity (Wildman–Crippen MR) is 138 cm³/mol. The molecule has 0 aliphatic heterocycles. The van der Waals surface area contributed by atoms with Crippen LogP contribution in [0.3, 0.4) is 0 Å². The molecule has 0 spiro atoms. The van der Waals surface area contributed by atoms with E-state index in [9.17, 15) is 4.79 Å². The Kier molecular flexibility index (Phi) is 5.47. The summed E-state index contributed by atoms with van der Waals surface area (Å²) in [5, 5.41) is 18.2. The number of anilines is 3. The van der Waals surface area contributed by atoms with Gasteiger partial charge in [0.15, 0.2) is 11.6 Å². The molecule has 0 fully saturated rings. The lowest BCUT2D eigenvalue weighted by molar-refractivity contribution is 0.262. The summed E-state index contributed by atoms with van der Waals surface area (Å²) in [5.41, 5.74) is 10.1. The van der Waals surface area contributed by atoms with Crippen LogP contribution in [0.1, 0.15) is 0 Å². The van der Waals surface area contributed by atoms with Crippen molar-refractivity contribution in [2.45, 2.75) is 0 Å². The highest BCUT2D eigenvalue weighted by Gasteiger charge is 2.19. The lowest BCUT2D eigenvalue weighted by atomic mass is 10.0. The Morgan fingerprint density at radius 3 is 2.54 bits per heavy atom. The highest BCUT2D eigenvalue weighted by Crippen LogP contribution is 2.37.